The van der Waals surface area contributed by atoms with Crippen molar-refractivity contribution in [1.82, 2.24) is 5.32 Å². The molecular formula is C14H25NO10. The molecule has 146 valence electrons. The number of aliphatic hydroxyl groups is 4. The number of carbonyl (C=O) groups excluding carboxylic acids is 1. The third-order valence-electron chi connectivity index (χ3n) is 3.81. The molecule has 1 amide bonds. The van der Waals surface area contributed by atoms with Gasteiger partial charge in [-0.2, -0.15) is 0 Å². The van der Waals surface area contributed by atoms with Crippen LogP contribution >= 0.6 is 0 Å². The third-order valence-corrected chi connectivity index (χ3v) is 3.81. The molecule has 1 heterocycles. The largest absolute Gasteiger partial charge is 0.479 e. The van der Waals surface area contributed by atoms with E-state index in [0.29, 0.717) is 0 Å². The van der Waals surface area contributed by atoms with Gasteiger partial charge in [0.05, 0.1) is 19.3 Å². The highest BCUT2D eigenvalue weighted by molar-refractivity contribution is 5.73. The number of carboxylic acid groups (broad SMARTS) is 1. The average Bonchev–Trinajstić information content (AvgIpc) is 2.54. The van der Waals surface area contributed by atoms with Crippen LogP contribution in [-0.4, -0.2) is 101 Å². The van der Waals surface area contributed by atoms with E-state index in [0.717, 1.165) is 7.11 Å². The van der Waals surface area contributed by atoms with E-state index in [1.54, 1.807) is 0 Å². The van der Waals surface area contributed by atoms with Crippen LogP contribution in [0, 0.1) is 0 Å². The number of hydrogen-bond donors (Lipinski definition) is 6. The molecule has 1 rings (SSSR count). The first-order chi connectivity index (χ1) is 11.7. The van der Waals surface area contributed by atoms with Crippen molar-refractivity contribution in [1.29, 1.82) is 0 Å². The molecular weight excluding hydrogens is 342 g/mol. The Balaban J connectivity index is 2.78. The number of ether oxygens (including phenoxy) is 3. The van der Waals surface area contributed by atoms with Crippen LogP contribution in [0.5, 0.6) is 0 Å². The quantitative estimate of drug-likeness (QED) is 0.228. The molecule has 1 aliphatic heterocycles. The summed E-state index contributed by atoms with van der Waals surface area (Å²) in [6, 6.07) is -0.838. The van der Waals surface area contributed by atoms with E-state index in [-0.39, 0.29) is 6.61 Å². The maximum atomic E-state index is 11.2. The monoisotopic (exact) mass is 367 g/mol. The zero-order chi connectivity index (χ0) is 19.1. The van der Waals surface area contributed by atoms with Crippen LogP contribution in [0.15, 0.2) is 0 Å². The number of carboxylic acids is 1. The Morgan fingerprint density at radius 1 is 1.36 bits per heavy atom. The van der Waals surface area contributed by atoms with Crippen molar-refractivity contribution < 1.29 is 49.3 Å². The molecule has 0 saturated carbocycles. The predicted molar refractivity (Wildman–Crippen MR) is 80.4 cm³/mol. The number of nitrogens with one attached hydrogen (secondary N) is 1. The summed E-state index contributed by atoms with van der Waals surface area (Å²) in [5.41, 5.74) is 0. The molecule has 0 spiro atoms. The molecule has 0 aromatic carbocycles. The van der Waals surface area contributed by atoms with Crippen molar-refractivity contribution in [3.63, 3.8) is 0 Å². The van der Waals surface area contributed by atoms with Crippen LogP contribution < -0.4 is 5.32 Å². The van der Waals surface area contributed by atoms with Gasteiger partial charge >= 0.3 is 5.97 Å². The summed E-state index contributed by atoms with van der Waals surface area (Å²) in [6.45, 7) is 0.630. The number of carbonyl (C=O) groups is 2. The molecule has 1 saturated heterocycles. The minimum Gasteiger partial charge on any atom is -0.479 e. The Labute approximate surface area is 144 Å². The first-order valence-electron chi connectivity index (χ1n) is 7.66. The van der Waals surface area contributed by atoms with E-state index in [1.165, 1.54) is 6.92 Å². The molecule has 1 aliphatic rings. The van der Waals surface area contributed by atoms with E-state index in [2.05, 4.69) is 10.1 Å². The Bertz CT molecular complexity index is 447. The van der Waals surface area contributed by atoms with E-state index in [1.807, 2.05) is 0 Å². The van der Waals surface area contributed by atoms with Gasteiger partial charge < -0.3 is 45.1 Å². The number of methoxy groups -OCH3 is 1. The highest BCUT2D eigenvalue weighted by Gasteiger charge is 2.42. The minimum atomic E-state index is -1.86. The van der Waals surface area contributed by atoms with Gasteiger partial charge in [0.2, 0.25) is 5.91 Å². The summed E-state index contributed by atoms with van der Waals surface area (Å²) in [5, 5.41) is 50.6. The predicted octanol–water partition coefficient (Wildman–Crippen LogP) is -3.20. The first kappa shape index (κ1) is 21.7. The second-order valence-electron chi connectivity index (χ2n) is 5.71. The molecule has 1 fully saturated rings. The van der Waals surface area contributed by atoms with Gasteiger partial charge in [0.25, 0.3) is 0 Å². The van der Waals surface area contributed by atoms with Crippen LogP contribution in [0.3, 0.4) is 0 Å². The topological polar surface area (TPSA) is 175 Å². The average molecular weight is 367 g/mol. The van der Waals surface area contributed by atoms with Crippen LogP contribution in [0.1, 0.15) is 13.3 Å². The highest BCUT2D eigenvalue weighted by Crippen LogP contribution is 2.21. The molecule has 6 N–H and O–H groups in total. The van der Waals surface area contributed by atoms with Crippen LogP contribution in [0.25, 0.3) is 0 Å². The first-order valence-corrected chi connectivity index (χ1v) is 7.66. The minimum absolute atomic E-state index is 0.0921. The van der Waals surface area contributed by atoms with Gasteiger partial charge in [0.1, 0.15) is 24.4 Å². The molecule has 0 aromatic rings. The summed E-state index contributed by atoms with van der Waals surface area (Å²) in [7, 11) is 1.14. The Morgan fingerprint density at radius 3 is 2.48 bits per heavy atom. The highest BCUT2D eigenvalue weighted by atomic mass is 16.6. The summed E-state index contributed by atoms with van der Waals surface area (Å²) >= 11 is 0. The van der Waals surface area contributed by atoms with Crippen molar-refractivity contribution in [2.75, 3.05) is 20.3 Å². The molecule has 0 aliphatic carbocycles. The Kier molecular flexibility index (Phi) is 8.65. The van der Waals surface area contributed by atoms with Gasteiger partial charge in [-0.15, -0.1) is 0 Å². The fraction of sp³-hybridized carbons (Fsp3) is 0.857. The summed E-state index contributed by atoms with van der Waals surface area (Å²) in [5.74, 6) is -1.76. The van der Waals surface area contributed by atoms with E-state index >= 15 is 0 Å². The number of amides is 1. The number of hydrogen-bond acceptors (Lipinski definition) is 9. The van der Waals surface area contributed by atoms with Gasteiger partial charge in [-0.3, -0.25) is 4.79 Å². The second-order valence-corrected chi connectivity index (χ2v) is 5.71. The van der Waals surface area contributed by atoms with Gasteiger partial charge in [-0.1, -0.05) is 0 Å². The van der Waals surface area contributed by atoms with E-state index < -0.39 is 67.8 Å². The zero-order valence-corrected chi connectivity index (χ0v) is 13.9. The van der Waals surface area contributed by atoms with Crippen molar-refractivity contribution in [3.8, 4) is 0 Å². The lowest BCUT2D eigenvalue weighted by Gasteiger charge is -2.41. The lowest BCUT2D eigenvalue weighted by atomic mass is 9.97. The molecule has 7 atom stereocenters. The van der Waals surface area contributed by atoms with Crippen molar-refractivity contribution in [2.45, 2.75) is 56.2 Å². The number of aliphatic hydroxyl groups excluding tert-OH is 4. The van der Waals surface area contributed by atoms with Crippen LogP contribution in [0.4, 0.5) is 0 Å². The lowest BCUT2D eigenvalue weighted by molar-refractivity contribution is -0.251. The summed E-state index contributed by atoms with van der Waals surface area (Å²) < 4.78 is 15.1. The van der Waals surface area contributed by atoms with Crippen molar-refractivity contribution >= 4 is 11.9 Å². The van der Waals surface area contributed by atoms with Gasteiger partial charge in [0, 0.05) is 20.5 Å². The molecule has 7 unspecified atom stereocenters. The van der Waals surface area contributed by atoms with Crippen LogP contribution in [0.2, 0.25) is 0 Å². The number of aliphatic carboxylic acids is 1. The maximum absolute atomic E-state index is 11.2. The zero-order valence-electron chi connectivity index (χ0n) is 13.9. The van der Waals surface area contributed by atoms with Gasteiger partial charge in [-0.05, 0) is 0 Å². The standard InChI is InChI=1S/C14H25NO10/c1-6(17)15-7-5-24-10(4-16)11(19)12(7)25-14(22)8(18)3-9(23-2)13(20)21/h7-12,14,16,18-19,22H,3-5H2,1-2H3,(H,15,17)(H,20,21). The number of rotatable bonds is 9. The Morgan fingerprint density at radius 2 is 2.00 bits per heavy atom. The SMILES string of the molecule is COC(CC(O)C(O)OC1C(NC(C)=O)COC(CO)C1O)C(=O)O. The molecule has 25 heavy (non-hydrogen) atoms. The van der Waals surface area contributed by atoms with E-state index in [9.17, 15) is 30.0 Å². The third kappa shape index (κ3) is 6.15. The molecule has 0 aromatic heterocycles. The fourth-order valence-electron chi connectivity index (χ4n) is 2.48. The normalized spacial score (nSPS) is 30.3. The smallest absolute Gasteiger partial charge is 0.332 e. The fourth-order valence-corrected chi connectivity index (χ4v) is 2.48. The van der Waals surface area contributed by atoms with E-state index in [4.69, 9.17) is 14.6 Å². The lowest BCUT2D eigenvalue weighted by Crippen LogP contribution is -2.62. The van der Waals surface area contributed by atoms with Gasteiger partial charge in [0.15, 0.2) is 12.4 Å². The molecule has 0 radical (unpaired) electrons. The molecule has 0 bridgehead atoms. The van der Waals surface area contributed by atoms with Gasteiger partial charge in [-0.25, -0.2) is 4.79 Å². The van der Waals surface area contributed by atoms with Crippen molar-refractivity contribution in [2.24, 2.45) is 0 Å². The van der Waals surface area contributed by atoms with Crippen LogP contribution in [-0.2, 0) is 23.8 Å². The second kappa shape index (κ2) is 9.97. The summed E-state index contributed by atoms with van der Waals surface area (Å²) in [4.78, 5) is 22.1. The molecule has 11 heteroatoms. The maximum Gasteiger partial charge on any atom is 0.332 e. The van der Waals surface area contributed by atoms with Crippen molar-refractivity contribution in [3.05, 3.63) is 0 Å². The summed E-state index contributed by atoms with van der Waals surface area (Å²) in [6.07, 6.45) is -8.87. The Hall–Kier alpha value is -1.34. The molecule has 11 nitrogen and oxygen atoms in total.